The fourth-order valence-corrected chi connectivity index (χ4v) is 6.31. The molecular formula is C30H34ClN7O5S. The van der Waals surface area contributed by atoms with Crippen LogP contribution in [-0.4, -0.2) is 52.8 Å². The molecule has 3 aromatic heterocycles. The molecule has 0 bridgehead atoms. The molecular weight excluding hydrogens is 606 g/mol. The number of benzene rings is 1. The molecule has 0 saturated carbocycles. The van der Waals surface area contributed by atoms with Crippen LogP contribution in [0.4, 0.5) is 11.6 Å². The van der Waals surface area contributed by atoms with Crippen LogP contribution in [0.2, 0.25) is 5.15 Å². The van der Waals surface area contributed by atoms with Crippen LogP contribution < -0.4 is 26.1 Å². The molecule has 1 aliphatic heterocycles. The lowest BCUT2D eigenvalue weighted by Gasteiger charge is -2.33. The number of nitrogens with one attached hydrogen (secondary N) is 2. The highest BCUT2D eigenvalue weighted by molar-refractivity contribution is 7.89. The van der Waals surface area contributed by atoms with Crippen molar-refractivity contribution in [3.05, 3.63) is 90.8 Å². The normalized spacial score (nSPS) is 14.9. The van der Waals surface area contributed by atoms with Crippen molar-refractivity contribution in [3.63, 3.8) is 0 Å². The second kappa shape index (κ2) is 12.0. The largest absolute Gasteiger partial charge is 0.377 e. The van der Waals surface area contributed by atoms with Crippen LogP contribution in [0.5, 0.6) is 0 Å². The number of carbonyl (C=O) groups is 1. The van der Waals surface area contributed by atoms with E-state index >= 15 is 0 Å². The molecule has 1 saturated heterocycles. The summed E-state index contributed by atoms with van der Waals surface area (Å²) in [6.45, 7) is 4.99. The molecule has 0 spiro atoms. The minimum absolute atomic E-state index is 0.0107. The molecule has 0 radical (unpaired) electrons. The van der Waals surface area contributed by atoms with E-state index < -0.39 is 22.0 Å². The zero-order chi connectivity index (χ0) is 31.9. The smallest absolute Gasteiger partial charge is 0.285 e. The topological polar surface area (TPSA) is 148 Å². The van der Waals surface area contributed by atoms with Crippen molar-refractivity contribution >= 4 is 50.1 Å². The molecule has 1 fully saturated rings. The Morgan fingerprint density at radius 2 is 1.77 bits per heavy atom. The van der Waals surface area contributed by atoms with Crippen molar-refractivity contribution in [1.29, 1.82) is 0 Å². The number of hydrogen-bond acceptors (Lipinski definition) is 9. The van der Waals surface area contributed by atoms with Crippen molar-refractivity contribution in [2.75, 3.05) is 29.6 Å². The van der Waals surface area contributed by atoms with Crippen molar-refractivity contribution in [1.82, 2.24) is 23.8 Å². The third-order valence-corrected chi connectivity index (χ3v) is 8.66. The number of aromatic nitrogens is 4. The maximum absolute atomic E-state index is 13.7. The average molecular weight is 640 g/mol. The van der Waals surface area contributed by atoms with Crippen LogP contribution >= 0.6 is 11.6 Å². The molecule has 1 aromatic carbocycles. The van der Waals surface area contributed by atoms with E-state index in [-0.39, 0.29) is 33.6 Å². The summed E-state index contributed by atoms with van der Waals surface area (Å²) in [6.07, 6.45) is 4.11. The Kier molecular flexibility index (Phi) is 8.54. The Hall–Kier alpha value is -4.23. The van der Waals surface area contributed by atoms with Crippen LogP contribution in [0.25, 0.3) is 10.9 Å². The second-order valence-corrected chi connectivity index (χ2v) is 13.4. The summed E-state index contributed by atoms with van der Waals surface area (Å²) in [4.78, 5) is 50.2. The van der Waals surface area contributed by atoms with Crippen molar-refractivity contribution in [2.24, 2.45) is 14.1 Å². The maximum Gasteiger partial charge on any atom is 0.285 e. The quantitative estimate of drug-likeness (QED) is 0.291. The van der Waals surface area contributed by atoms with E-state index in [1.165, 1.54) is 6.07 Å². The number of pyridine rings is 2. The first-order valence-corrected chi connectivity index (χ1v) is 16.4. The third-order valence-electron chi connectivity index (χ3n) is 7.89. The molecule has 0 aliphatic carbocycles. The van der Waals surface area contributed by atoms with Gasteiger partial charge in [0.1, 0.15) is 5.15 Å². The number of fused-ring (bicyclic) bond motifs is 1. The summed E-state index contributed by atoms with van der Waals surface area (Å²) in [5.41, 5.74) is 2.77. The van der Waals surface area contributed by atoms with E-state index in [1.54, 1.807) is 41.6 Å². The molecule has 5 rings (SSSR count). The molecule has 1 aliphatic rings. The van der Waals surface area contributed by atoms with Gasteiger partial charge in [0.05, 0.1) is 28.9 Å². The molecule has 232 valence electrons. The number of piperidine rings is 1. The zero-order valence-electron chi connectivity index (χ0n) is 25.1. The molecule has 14 heteroatoms. The van der Waals surface area contributed by atoms with Crippen LogP contribution in [0, 0.1) is 6.92 Å². The molecule has 1 amide bonds. The van der Waals surface area contributed by atoms with E-state index in [9.17, 15) is 22.8 Å². The molecule has 4 aromatic rings. The van der Waals surface area contributed by atoms with Gasteiger partial charge in [-0.2, -0.15) is 0 Å². The Balaban J connectivity index is 1.49. The van der Waals surface area contributed by atoms with Crippen molar-refractivity contribution < 1.29 is 13.2 Å². The Morgan fingerprint density at radius 1 is 1.07 bits per heavy atom. The predicted molar refractivity (Wildman–Crippen MR) is 171 cm³/mol. The zero-order valence-corrected chi connectivity index (χ0v) is 26.7. The number of halogens is 1. The Labute approximate surface area is 259 Å². The predicted octanol–water partition coefficient (Wildman–Crippen LogP) is 3.24. The molecule has 4 heterocycles. The van der Waals surface area contributed by atoms with E-state index in [0.717, 1.165) is 30.2 Å². The standard InChI is InChI=1S/C30H34ClN7O5S/c1-17-15-21(18(2)32-23-8-9-24(31)33-26(23)27(39)35-44(5,42)43)25-22(16-17)29(41)37(4)30(34-25)38-13-10-19(11-14-38)20-7-6-12-36(3)28(20)40/h6-9,12,15-16,18-19,32H,10-11,13-14H2,1-5H3,(H,35,39)/t18-/m1/s1. The Morgan fingerprint density at radius 3 is 2.45 bits per heavy atom. The van der Waals surface area contributed by atoms with Gasteiger partial charge in [0.15, 0.2) is 5.69 Å². The highest BCUT2D eigenvalue weighted by atomic mass is 35.5. The maximum atomic E-state index is 13.7. The van der Waals surface area contributed by atoms with Gasteiger partial charge in [0.25, 0.3) is 17.0 Å². The number of amides is 1. The number of nitrogens with zero attached hydrogens (tertiary/aromatic N) is 5. The average Bonchev–Trinajstić information content (AvgIpc) is 2.96. The summed E-state index contributed by atoms with van der Waals surface area (Å²) in [7, 11) is -0.386. The molecule has 2 N–H and O–H groups in total. The summed E-state index contributed by atoms with van der Waals surface area (Å²) in [6, 6.07) is 10.1. The van der Waals surface area contributed by atoms with Gasteiger partial charge in [-0.3, -0.25) is 19.0 Å². The second-order valence-electron chi connectivity index (χ2n) is 11.3. The lowest BCUT2D eigenvalue weighted by molar-refractivity contribution is 0.0977. The summed E-state index contributed by atoms with van der Waals surface area (Å²) < 4.78 is 28.5. The third kappa shape index (κ3) is 6.34. The monoisotopic (exact) mass is 639 g/mol. The molecule has 44 heavy (non-hydrogen) atoms. The van der Waals surface area contributed by atoms with Gasteiger partial charge in [-0.25, -0.2) is 23.1 Å². The first kappa shape index (κ1) is 31.2. The minimum atomic E-state index is -3.84. The van der Waals surface area contributed by atoms with Gasteiger partial charge in [-0.1, -0.05) is 23.7 Å². The molecule has 12 nitrogen and oxygen atoms in total. The van der Waals surface area contributed by atoms with Gasteiger partial charge in [-0.15, -0.1) is 0 Å². The number of carbonyl (C=O) groups excluding carboxylic acids is 1. The van der Waals surface area contributed by atoms with Gasteiger partial charge in [-0.05, 0) is 62.4 Å². The summed E-state index contributed by atoms with van der Waals surface area (Å²) in [5, 5.41) is 3.71. The fourth-order valence-electron chi connectivity index (χ4n) is 5.73. The molecule has 0 unspecified atom stereocenters. The number of sulfonamides is 1. The van der Waals surface area contributed by atoms with E-state index in [0.29, 0.717) is 35.5 Å². The van der Waals surface area contributed by atoms with Crippen molar-refractivity contribution in [2.45, 2.75) is 38.6 Å². The van der Waals surface area contributed by atoms with Crippen molar-refractivity contribution in [3.8, 4) is 0 Å². The van der Waals surface area contributed by atoms with Crippen LogP contribution in [0.3, 0.4) is 0 Å². The van der Waals surface area contributed by atoms with Gasteiger partial charge in [0, 0.05) is 44.5 Å². The summed E-state index contributed by atoms with van der Waals surface area (Å²) in [5.74, 6) is -0.279. The van der Waals surface area contributed by atoms with Crippen LogP contribution in [-0.2, 0) is 24.1 Å². The van der Waals surface area contributed by atoms with Crippen LogP contribution in [0.1, 0.15) is 58.9 Å². The first-order chi connectivity index (χ1) is 20.7. The highest BCUT2D eigenvalue weighted by Gasteiger charge is 2.27. The lowest BCUT2D eigenvalue weighted by atomic mass is 9.90. The SMILES string of the molecule is Cc1cc([C@@H](C)Nc2ccc(Cl)nc2C(=O)NS(C)(=O)=O)c2nc(N3CCC(c4cccn(C)c4=O)CC3)n(C)c(=O)c2c1. The number of anilines is 2. The fraction of sp³-hybridized carbons (Fsp3) is 0.367. The number of hydrogen-bond donors (Lipinski definition) is 2. The first-order valence-electron chi connectivity index (χ1n) is 14.1. The number of aryl methyl sites for hydroxylation is 2. The molecule has 1 atom stereocenters. The minimum Gasteiger partial charge on any atom is -0.377 e. The van der Waals surface area contributed by atoms with E-state index in [2.05, 4.69) is 15.2 Å². The summed E-state index contributed by atoms with van der Waals surface area (Å²) >= 11 is 6.03. The Bertz CT molecular complexity index is 2000. The van der Waals surface area contributed by atoms with E-state index in [1.807, 2.05) is 36.8 Å². The number of rotatable bonds is 7. The van der Waals surface area contributed by atoms with Gasteiger partial charge >= 0.3 is 0 Å². The van der Waals surface area contributed by atoms with Gasteiger partial charge < -0.3 is 14.8 Å². The lowest BCUT2D eigenvalue weighted by Crippen LogP contribution is -2.39. The van der Waals surface area contributed by atoms with Crippen LogP contribution in [0.15, 0.2) is 52.2 Å². The van der Waals surface area contributed by atoms with E-state index in [4.69, 9.17) is 16.6 Å². The highest BCUT2D eigenvalue weighted by Crippen LogP contribution is 2.31. The van der Waals surface area contributed by atoms with Gasteiger partial charge in [0.2, 0.25) is 16.0 Å².